The van der Waals surface area contributed by atoms with Gasteiger partial charge in [0, 0.05) is 11.4 Å². The molecule has 0 radical (unpaired) electrons. The van der Waals surface area contributed by atoms with E-state index < -0.39 is 17.1 Å². The van der Waals surface area contributed by atoms with Gasteiger partial charge in [-0.15, -0.1) is 0 Å². The van der Waals surface area contributed by atoms with Crippen LogP contribution in [0.1, 0.15) is 0 Å². The lowest BCUT2D eigenvalue weighted by atomic mass is 10.3. The Kier molecular flexibility index (Phi) is 5.76. The summed E-state index contributed by atoms with van der Waals surface area (Å²) in [5.74, 6) is 4.86. The van der Waals surface area contributed by atoms with Gasteiger partial charge in [-0.1, -0.05) is 29.3 Å². The van der Waals surface area contributed by atoms with Crippen LogP contribution in [0.25, 0.3) is 0 Å². The maximum Gasteiger partial charge on any atom is 0.323 e. The molecular formula is C13H11Cl2N3O3S. The molecule has 22 heavy (non-hydrogen) atoms. The lowest BCUT2D eigenvalue weighted by molar-refractivity contribution is 0.262. The zero-order valence-corrected chi connectivity index (χ0v) is 13.3. The number of rotatable bonds is 4. The first-order valence-electron chi connectivity index (χ1n) is 5.91. The highest BCUT2D eigenvalue weighted by molar-refractivity contribution is 7.80. The minimum Gasteiger partial charge on any atom is -0.308 e. The van der Waals surface area contributed by atoms with Crippen LogP contribution in [-0.2, 0) is 15.4 Å². The standard InChI is InChI=1S/C13H11Cl2N3O3S/c14-11-5-4-9(7-12(11)15)18-13(19)17-8-2-1-3-10(6-8)22(20)21-16/h1-7H,16H2,(H2,17,18,19). The van der Waals surface area contributed by atoms with Crippen molar-refractivity contribution in [3.05, 3.63) is 52.5 Å². The number of hydrogen-bond donors (Lipinski definition) is 3. The molecule has 0 aliphatic heterocycles. The van der Waals surface area contributed by atoms with Crippen LogP contribution >= 0.6 is 23.2 Å². The number of nitrogens with two attached hydrogens (primary N) is 1. The third-order valence-corrected chi connectivity index (χ3v) is 4.10. The maximum absolute atomic E-state index is 11.9. The first-order chi connectivity index (χ1) is 10.5. The average Bonchev–Trinajstić information content (AvgIpc) is 2.50. The van der Waals surface area contributed by atoms with Crippen molar-refractivity contribution in [2.75, 3.05) is 10.6 Å². The number of benzene rings is 2. The van der Waals surface area contributed by atoms with E-state index in [1.807, 2.05) is 0 Å². The zero-order chi connectivity index (χ0) is 16.1. The fourth-order valence-electron chi connectivity index (χ4n) is 1.60. The van der Waals surface area contributed by atoms with Crippen LogP contribution in [-0.4, -0.2) is 10.2 Å². The third-order valence-electron chi connectivity index (χ3n) is 2.55. The molecule has 0 fully saturated rings. The number of carbonyl (C=O) groups is 1. The van der Waals surface area contributed by atoms with Crippen molar-refractivity contribution in [2.24, 2.45) is 5.90 Å². The van der Waals surface area contributed by atoms with Gasteiger partial charge in [-0.25, -0.2) is 9.00 Å². The Hall–Kier alpha value is -1.64. The first-order valence-corrected chi connectivity index (χ1v) is 7.75. The van der Waals surface area contributed by atoms with Gasteiger partial charge in [0.25, 0.3) is 0 Å². The summed E-state index contributed by atoms with van der Waals surface area (Å²) in [5.41, 5.74) is 0.914. The SMILES string of the molecule is NOS(=O)c1cccc(NC(=O)Nc2ccc(Cl)c(Cl)c2)c1. The van der Waals surface area contributed by atoms with Gasteiger partial charge in [-0.2, -0.15) is 10.2 Å². The number of urea groups is 1. The molecule has 2 rings (SSSR count). The van der Waals surface area contributed by atoms with Crippen LogP contribution in [0, 0.1) is 0 Å². The van der Waals surface area contributed by atoms with Gasteiger partial charge in [-0.05, 0) is 36.4 Å². The molecule has 0 aliphatic carbocycles. The van der Waals surface area contributed by atoms with E-state index in [9.17, 15) is 9.00 Å². The molecule has 0 spiro atoms. The molecule has 0 saturated carbocycles. The van der Waals surface area contributed by atoms with Crippen molar-refractivity contribution >= 4 is 51.7 Å². The Morgan fingerprint density at radius 2 is 1.73 bits per heavy atom. The fraction of sp³-hybridized carbons (Fsp3) is 0. The van der Waals surface area contributed by atoms with Gasteiger partial charge in [0.05, 0.1) is 14.9 Å². The lowest BCUT2D eigenvalue weighted by Crippen LogP contribution is -2.19. The molecule has 0 saturated heterocycles. The van der Waals surface area contributed by atoms with Gasteiger partial charge in [0.2, 0.25) is 11.1 Å². The second kappa shape index (κ2) is 7.57. The van der Waals surface area contributed by atoms with Gasteiger partial charge < -0.3 is 10.6 Å². The number of amides is 2. The smallest absolute Gasteiger partial charge is 0.308 e. The van der Waals surface area contributed by atoms with E-state index in [0.29, 0.717) is 26.3 Å². The van der Waals surface area contributed by atoms with Crippen LogP contribution in [0.2, 0.25) is 10.0 Å². The highest BCUT2D eigenvalue weighted by atomic mass is 35.5. The quantitative estimate of drug-likeness (QED) is 0.727. The Morgan fingerprint density at radius 1 is 1.05 bits per heavy atom. The molecule has 116 valence electrons. The third kappa shape index (κ3) is 4.43. The molecule has 0 heterocycles. The number of carbonyl (C=O) groups excluding carboxylic acids is 1. The summed E-state index contributed by atoms with van der Waals surface area (Å²) in [6, 6.07) is 10.5. The Labute approximate surface area is 139 Å². The van der Waals surface area contributed by atoms with E-state index in [0.717, 1.165) is 0 Å². The van der Waals surface area contributed by atoms with Crippen molar-refractivity contribution in [1.29, 1.82) is 0 Å². The van der Waals surface area contributed by atoms with Crippen molar-refractivity contribution in [3.63, 3.8) is 0 Å². The molecule has 0 bridgehead atoms. The summed E-state index contributed by atoms with van der Waals surface area (Å²) in [5, 5.41) is 5.91. The molecule has 1 unspecified atom stereocenters. The number of anilines is 2. The molecule has 0 aromatic heterocycles. The van der Waals surface area contributed by atoms with E-state index in [-0.39, 0.29) is 0 Å². The molecule has 4 N–H and O–H groups in total. The van der Waals surface area contributed by atoms with Crippen molar-refractivity contribution in [2.45, 2.75) is 4.90 Å². The molecule has 1 atom stereocenters. The van der Waals surface area contributed by atoms with Crippen LogP contribution in [0.15, 0.2) is 47.4 Å². The minimum atomic E-state index is -1.79. The van der Waals surface area contributed by atoms with E-state index in [1.54, 1.807) is 30.3 Å². The maximum atomic E-state index is 11.9. The van der Waals surface area contributed by atoms with E-state index in [2.05, 4.69) is 14.9 Å². The normalized spacial score (nSPS) is 11.8. The molecule has 9 heteroatoms. The molecule has 2 aromatic rings. The van der Waals surface area contributed by atoms with E-state index in [1.165, 1.54) is 12.1 Å². The highest BCUT2D eigenvalue weighted by Gasteiger charge is 2.08. The van der Waals surface area contributed by atoms with Crippen molar-refractivity contribution < 1.29 is 13.3 Å². The van der Waals surface area contributed by atoms with Crippen LogP contribution in [0.5, 0.6) is 0 Å². The lowest BCUT2D eigenvalue weighted by Gasteiger charge is -2.09. The predicted octanol–water partition coefficient (Wildman–Crippen LogP) is 3.55. The Morgan fingerprint density at radius 3 is 2.36 bits per heavy atom. The molecule has 2 aromatic carbocycles. The predicted molar refractivity (Wildman–Crippen MR) is 87.2 cm³/mol. The summed E-state index contributed by atoms with van der Waals surface area (Å²) in [6.07, 6.45) is 0. The molecular weight excluding hydrogens is 349 g/mol. The van der Waals surface area contributed by atoms with Gasteiger partial charge in [0.1, 0.15) is 0 Å². The second-order valence-electron chi connectivity index (χ2n) is 4.07. The van der Waals surface area contributed by atoms with Crippen LogP contribution < -0.4 is 16.5 Å². The van der Waals surface area contributed by atoms with Gasteiger partial charge >= 0.3 is 6.03 Å². The van der Waals surface area contributed by atoms with Crippen LogP contribution in [0.3, 0.4) is 0 Å². The van der Waals surface area contributed by atoms with Crippen LogP contribution in [0.4, 0.5) is 16.2 Å². The Bertz CT molecular complexity index is 727. The number of nitrogens with one attached hydrogen (secondary N) is 2. The van der Waals surface area contributed by atoms with E-state index >= 15 is 0 Å². The largest absolute Gasteiger partial charge is 0.323 e. The van der Waals surface area contributed by atoms with Crippen molar-refractivity contribution in [3.8, 4) is 0 Å². The number of hydrogen-bond acceptors (Lipinski definition) is 4. The summed E-state index contributed by atoms with van der Waals surface area (Å²) in [6.45, 7) is 0. The average molecular weight is 360 g/mol. The highest BCUT2D eigenvalue weighted by Crippen LogP contribution is 2.25. The topological polar surface area (TPSA) is 93.4 Å². The first kappa shape index (κ1) is 16.7. The fourth-order valence-corrected chi connectivity index (χ4v) is 2.42. The summed E-state index contributed by atoms with van der Waals surface area (Å²) in [4.78, 5) is 12.2. The molecule has 0 aliphatic rings. The minimum absolute atomic E-state index is 0.329. The Balaban J connectivity index is 2.05. The van der Waals surface area contributed by atoms with E-state index in [4.69, 9.17) is 29.1 Å². The van der Waals surface area contributed by atoms with Crippen molar-refractivity contribution in [1.82, 2.24) is 0 Å². The second-order valence-corrected chi connectivity index (χ2v) is 6.01. The summed E-state index contributed by atoms with van der Waals surface area (Å²) < 4.78 is 15.7. The summed E-state index contributed by atoms with van der Waals surface area (Å²) in [7, 11) is 0. The van der Waals surface area contributed by atoms with Gasteiger partial charge in [0.15, 0.2) is 0 Å². The monoisotopic (exact) mass is 359 g/mol. The molecule has 2 amide bonds. The van der Waals surface area contributed by atoms with Gasteiger partial charge in [-0.3, -0.25) is 0 Å². The number of halogens is 2. The summed E-state index contributed by atoms with van der Waals surface area (Å²) >= 11 is 9.88. The molecule has 6 nitrogen and oxygen atoms in total. The zero-order valence-electron chi connectivity index (χ0n) is 11.0.